The van der Waals surface area contributed by atoms with Crippen molar-refractivity contribution in [3.05, 3.63) is 33.4 Å². The third-order valence-corrected chi connectivity index (χ3v) is 2.66. The van der Waals surface area contributed by atoms with E-state index in [9.17, 15) is 9.59 Å². The monoisotopic (exact) mass is 294 g/mol. The minimum Gasteiger partial charge on any atom is -0.465 e. The minimum atomic E-state index is -1.01. The molecule has 8 nitrogen and oxygen atoms in total. The minimum absolute atomic E-state index is 0.103. The number of nitriles is 4. The highest BCUT2D eigenvalue weighted by molar-refractivity contribution is 6.07. The molecule has 0 heterocycles. The highest BCUT2D eigenvalue weighted by Crippen LogP contribution is 2.50. The van der Waals surface area contributed by atoms with Gasteiger partial charge in [-0.2, -0.15) is 21.0 Å². The maximum atomic E-state index is 11.6. The van der Waals surface area contributed by atoms with E-state index in [2.05, 4.69) is 9.47 Å². The van der Waals surface area contributed by atoms with Gasteiger partial charge in [0.2, 0.25) is 0 Å². The van der Waals surface area contributed by atoms with Crippen LogP contribution in [0.3, 0.4) is 0 Å². The van der Waals surface area contributed by atoms with E-state index in [0.717, 1.165) is 14.2 Å². The van der Waals surface area contributed by atoms with E-state index < -0.39 is 28.7 Å². The van der Waals surface area contributed by atoms with Crippen LogP contribution in [0, 0.1) is 45.3 Å². The normalized spacial score (nSPS) is 16.0. The fourth-order valence-corrected chi connectivity index (χ4v) is 1.69. The smallest absolute Gasteiger partial charge is 0.349 e. The molecule has 0 aromatic carbocycles. The molecule has 0 aromatic heterocycles. The lowest BCUT2D eigenvalue weighted by Crippen LogP contribution is -2.04. The first-order valence-corrected chi connectivity index (χ1v) is 5.53. The Hall–Kier alpha value is -3.88. The van der Waals surface area contributed by atoms with E-state index in [1.807, 2.05) is 0 Å². The molecule has 1 aliphatic carbocycles. The number of rotatable bonds is 2. The lowest BCUT2D eigenvalue weighted by molar-refractivity contribution is -0.136. The summed E-state index contributed by atoms with van der Waals surface area (Å²) in [6, 6.07) is 6.29. The van der Waals surface area contributed by atoms with Crippen molar-refractivity contribution in [3.8, 4) is 24.3 Å². The molecule has 0 aromatic rings. The van der Waals surface area contributed by atoms with Crippen molar-refractivity contribution in [2.75, 3.05) is 14.2 Å². The number of hydrogen-bond acceptors (Lipinski definition) is 8. The number of carbonyl (C=O) groups is 2. The van der Waals surface area contributed by atoms with Crippen molar-refractivity contribution in [2.24, 2.45) is 0 Å². The fourth-order valence-electron chi connectivity index (χ4n) is 1.69. The fraction of sp³-hybridized carbons (Fsp3) is 0.143. The summed E-state index contributed by atoms with van der Waals surface area (Å²) in [6.45, 7) is 0. The number of methoxy groups -OCH3 is 2. The van der Waals surface area contributed by atoms with Gasteiger partial charge in [-0.3, -0.25) is 0 Å². The van der Waals surface area contributed by atoms with Gasteiger partial charge in [0.25, 0.3) is 0 Å². The molecule has 0 unspecified atom stereocenters. The van der Waals surface area contributed by atoms with Crippen molar-refractivity contribution < 1.29 is 19.1 Å². The van der Waals surface area contributed by atoms with Crippen molar-refractivity contribution >= 4 is 11.9 Å². The summed E-state index contributed by atoms with van der Waals surface area (Å²) in [7, 11) is 2.08. The van der Waals surface area contributed by atoms with Gasteiger partial charge in [0.15, 0.2) is 0 Å². The molecule has 0 N–H and O–H groups in total. The first-order chi connectivity index (χ1) is 10.5. The van der Waals surface area contributed by atoms with Crippen LogP contribution >= 0.6 is 0 Å². The molecule has 1 fully saturated rings. The summed E-state index contributed by atoms with van der Waals surface area (Å²) in [5.74, 6) is -2.02. The SMILES string of the molecule is COC(=O)C(C#N)=C1C(=C(C#N)C#N)C1=C(C#N)C(=O)OC. The van der Waals surface area contributed by atoms with Gasteiger partial charge in [-0.25, -0.2) is 9.59 Å². The average molecular weight is 294 g/mol. The van der Waals surface area contributed by atoms with E-state index in [-0.39, 0.29) is 16.7 Å². The van der Waals surface area contributed by atoms with E-state index in [1.54, 1.807) is 24.3 Å². The lowest BCUT2D eigenvalue weighted by Gasteiger charge is -1.94. The largest absolute Gasteiger partial charge is 0.465 e. The van der Waals surface area contributed by atoms with Crippen LogP contribution < -0.4 is 0 Å². The molecule has 1 saturated carbocycles. The third kappa shape index (κ3) is 2.54. The van der Waals surface area contributed by atoms with E-state index in [0.29, 0.717) is 0 Å². The second kappa shape index (κ2) is 6.52. The number of nitrogens with zero attached hydrogens (tertiary/aromatic N) is 4. The van der Waals surface area contributed by atoms with Crippen molar-refractivity contribution in [2.45, 2.75) is 0 Å². The van der Waals surface area contributed by atoms with Gasteiger partial charge in [-0.1, -0.05) is 0 Å². The average Bonchev–Trinajstić information content (AvgIpc) is 3.24. The summed E-state index contributed by atoms with van der Waals surface area (Å²) in [5, 5.41) is 35.9. The zero-order chi connectivity index (χ0) is 16.9. The third-order valence-electron chi connectivity index (χ3n) is 2.66. The predicted octanol–water partition coefficient (Wildman–Crippen LogP) is 0.330. The van der Waals surface area contributed by atoms with Gasteiger partial charge < -0.3 is 9.47 Å². The van der Waals surface area contributed by atoms with Crippen molar-refractivity contribution in [1.82, 2.24) is 0 Å². The number of hydrogen-bond donors (Lipinski definition) is 0. The standard InChI is InChI=1S/C14H6N4O4/c1-21-13(19)8(5-17)11-10(7(3-15)4-16)12(11)9(6-18)14(20)22-2/h1-2H3. The Morgan fingerprint density at radius 3 is 1.32 bits per heavy atom. The molecular weight excluding hydrogens is 288 g/mol. The summed E-state index contributed by atoms with van der Waals surface area (Å²) in [6.07, 6.45) is 0. The molecule has 0 aliphatic heterocycles. The molecule has 1 rings (SSSR count). The molecule has 1 aliphatic rings. The van der Waals surface area contributed by atoms with Gasteiger partial charge >= 0.3 is 11.9 Å². The number of esters is 2. The Morgan fingerprint density at radius 1 is 0.727 bits per heavy atom. The van der Waals surface area contributed by atoms with Crippen LogP contribution in [0.5, 0.6) is 0 Å². The Balaban J connectivity index is 3.85. The zero-order valence-electron chi connectivity index (χ0n) is 11.4. The van der Waals surface area contributed by atoms with Crippen LogP contribution in [0.2, 0.25) is 0 Å². The van der Waals surface area contributed by atoms with E-state index in [4.69, 9.17) is 21.0 Å². The molecule has 0 atom stereocenters. The van der Waals surface area contributed by atoms with Gasteiger partial charge in [-0.05, 0) is 0 Å². The zero-order valence-corrected chi connectivity index (χ0v) is 11.4. The molecular formula is C14H6N4O4. The molecule has 22 heavy (non-hydrogen) atoms. The van der Waals surface area contributed by atoms with Crippen LogP contribution in [0.25, 0.3) is 0 Å². The van der Waals surface area contributed by atoms with Crippen LogP contribution in [-0.2, 0) is 19.1 Å². The van der Waals surface area contributed by atoms with Gasteiger partial charge in [-0.15, -0.1) is 0 Å². The summed E-state index contributed by atoms with van der Waals surface area (Å²) < 4.78 is 8.84. The molecule has 0 spiro atoms. The van der Waals surface area contributed by atoms with E-state index in [1.165, 1.54) is 0 Å². The van der Waals surface area contributed by atoms with Crippen LogP contribution in [0.1, 0.15) is 0 Å². The molecule has 106 valence electrons. The summed E-state index contributed by atoms with van der Waals surface area (Å²) >= 11 is 0. The molecule has 0 amide bonds. The van der Waals surface area contributed by atoms with Gasteiger partial charge in [0.1, 0.15) is 41.0 Å². The Labute approximate surface area is 125 Å². The van der Waals surface area contributed by atoms with Crippen molar-refractivity contribution in [1.29, 1.82) is 21.0 Å². The maximum absolute atomic E-state index is 11.6. The van der Waals surface area contributed by atoms with Gasteiger partial charge in [0, 0.05) is 16.7 Å². The first-order valence-electron chi connectivity index (χ1n) is 5.53. The Kier molecular flexibility index (Phi) is 4.79. The highest BCUT2D eigenvalue weighted by Gasteiger charge is 2.44. The number of ether oxygens (including phenoxy) is 2. The quantitative estimate of drug-likeness (QED) is 0.402. The Bertz CT molecular complexity index is 764. The topological polar surface area (TPSA) is 148 Å². The second-order valence-electron chi connectivity index (χ2n) is 3.68. The van der Waals surface area contributed by atoms with Crippen LogP contribution in [0.4, 0.5) is 0 Å². The molecule has 8 heteroatoms. The first kappa shape index (κ1) is 16.2. The summed E-state index contributed by atoms with van der Waals surface area (Å²) in [5.41, 5.74) is -1.81. The van der Waals surface area contributed by atoms with Crippen LogP contribution in [0.15, 0.2) is 33.4 Å². The molecule has 0 saturated heterocycles. The predicted molar refractivity (Wildman–Crippen MR) is 67.6 cm³/mol. The van der Waals surface area contributed by atoms with Gasteiger partial charge in [0.05, 0.1) is 14.2 Å². The number of allylic oxidation sites excluding steroid dienone is 4. The summed E-state index contributed by atoms with van der Waals surface area (Å²) in [4.78, 5) is 23.1. The Morgan fingerprint density at radius 2 is 1.09 bits per heavy atom. The van der Waals surface area contributed by atoms with Crippen LogP contribution in [-0.4, -0.2) is 26.2 Å². The number of carbonyl (C=O) groups excluding carboxylic acids is 2. The molecule has 0 bridgehead atoms. The molecule has 0 radical (unpaired) electrons. The lowest BCUT2D eigenvalue weighted by atomic mass is 10.2. The highest BCUT2D eigenvalue weighted by atomic mass is 16.5. The van der Waals surface area contributed by atoms with Crippen molar-refractivity contribution in [3.63, 3.8) is 0 Å². The van der Waals surface area contributed by atoms with E-state index >= 15 is 0 Å². The second-order valence-corrected chi connectivity index (χ2v) is 3.68. The maximum Gasteiger partial charge on any atom is 0.349 e.